The van der Waals surface area contributed by atoms with Crippen LogP contribution in [-0.4, -0.2) is 29.7 Å². The smallest absolute Gasteiger partial charge is 0.245 e. The molecule has 2 aromatic heterocycles. The second-order valence-corrected chi connectivity index (χ2v) is 6.93. The van der Waals surface area contributed by atoms with Crippen LogP contribution in [0.4, 0.5) is 0 Å². The normalized spacial score (nSPS) is 11.8. The van der Waals surface area contributed by atoms with E-state index in [-0.39, 0.29) is 22.1 Å². The number of hydrogen-bond acceptors (Lipinski definition) is 5. The number of nitrogens with zero attached hydrogens (tertiary/aromatic N) is 2. The molecule has 0 aliphatic rings. The molecule has 0 spiro atoms. The lowest BCUT2D eigenvalue weighted by Gasteiger charge is -2.18. The molecule has 2 N–H and O–H groups in total. The molecule has 6 nitrogen and oxygen atoms in total. The average molecular weight is 325 g/mol. The monoisotopic (exact) mass is 325 g/mol. The maximum atomic E-state index is 12.6. The van der Waals surface area contributed by atoms with Gasteiger partial charge in [-0.3, -0.25) is 4.98 Å². The van der Waals surface area contributed by atoms with E-state index in [4.69, 9.17) is 22.4 Å². The molecule has 0 aliphatic carbocycles. The van der Waals surface area contributed by atoms with Crippen LogP contribution in [0.25, 0.3) is 0 Å². The fourth-order valence-corrected chi connectivity index (χ4v) is 3.38. The van der Waals surface area contributed by atoms with Crippen molar-refractivity contribution in [1.82, 2.24) is 9.29 Å². The molecule has 112 valence electrons. The number of hydrogen-bond donors (Lipinski definition) is 1. The molecule has 0 saturated carbocycles. The first-order valence-electron chi connectivity index (χ1n) is 6.08. The molecular formula is C13H15N3O3S2. The lowest BCUT2D eigenvalue weighted by atomic mass is 10.3. The van der Waals surface area contributed by atoms with E-state index in [0.717, 1.165) is 5.56 Å². The minimum absolute atomic E-state index is 0.00106. The van der Waals surface area contributed by atoms with Crippen molar-refractivity contribution in [2.45, 2.75) is 18.4 Å². The summed E-state index contributed by atoms with van der Waals surface area (Å²) in [5, 5.41) is 0. The van der Waals surface area contributed by atoms with Crippen molar-refractivity contribution >= 4 is 27.2 Å². The number of nitrogens with two attached hydrogens (primary N) is 1. The van der Waals surface area contributed by atoms with Crippen molar-refractivity contribution in [1.29, 1.82) is 0 Å². The van der Waals surface area contributed by atoms with E-state index in [2.05, 4.69) is 4.98 Å². The number of furan rings is 1. The topological polar surface area (TPSA) is 89.4 Å². The molecule has 0 atom stereocenters. The highest BCUT2D eigenvalue weighted by atomic mass is 32.2. The van der Waals surface area contributed by atoms with Gasteiger partial charge >= 0.3 is 0 Å². The van der Waals surface area contributed by atoms with Crippen molar-refractivity contribution in [3.05, 3.63) is 47.7 Å². The van der Waals surface area contributed by atoms with Gasteiger partial charge in [0.15, 0.2) is 0 Å². The molecular weight excluding hydrogens is 310 g/mol. The summed E-state index contributed by atoms with van der Waals surface area (Å²) < 4.78 is 31.7. The molecule has 2 heterocycles. The molecule has 0 radical (unpaired) electrons. The van der Waals surface area contributed by atoms with Gasteiger partial charge in [0.25, 0.3) is 0 Å². The molecule has 0 unspecified atom stereocenters. The van der Waals surface area contributed by atoms with Crippen LogP contribution in [-0.2, 0) is 16.6 Å². The highest BCUT2D eigenvalue weighted by Gasteiger charge is 2.26. The summed E-state index contributed by atoms with van der Waals surface area (Å²) in [5.74, 6) is 0.679. The largest absolute Gasteiger partial charge is 0.469 e. The van der Waals surface area contributed by atoms with E-state index in [0.29, 0.717) is 5.76 Å². The first-order valence-corrected chi connectivity index (χ1v) is 7.93. The van der Waals surface area contributed by atoms with Crippen LogP contribution < -0.4 is 5.73 Å². The molecule has 0 saturated heterocycles. The molecule has 8 heteroatoms. The van der Waals surface area contributed by atoms with Crippen LogP contribution in [0.2, 0.25) is 0 Å². The summed E-state index contributed by atoms with van der Waals surface area (Å²) in [6.07, 6.45) is 2.98. The van der Waals surface area contributed by atoms with E-state index >= 15 is 0 Å². The SMILES string of the molecule is Cc1occc1CN(C)S(=O)(=O)c1cccnc1C(N)=S. The Balaban J connectivity index is 2.38. The zero-order valence-electron chi connectivity index (χ0n) is 11.6. The number of rotatable bonds is 5. The molecule has 0 aliphatic heterocycles. The summed E-state index contributed by atoms with van der Waals surface area (Å²) in [7, 11) is -2.26. The number of pyridine rings is 1. The Morgan fingerprint density at radius 2 is 2.19 bits per heavy atom. The predicted octanol–water partition coefficient (Wildman–Crippen LogP) is 1.44. The van der Waals surface area contributed by atoms with Gasteiger partial charge in [-0.25, -0.2) is 8.42 Å². The Morgan fingerprint density at radius 1 is 1.48 bits per heavy atom. The predicted molar refractivity (Wildman–Crippen MR) is 82.2 cm³/mol. The van der Waals surface area contributed by atoms with E-state index in [1.165, 1.54) is 35.9 Å². The number of aryl methyl sites for hydroxylation is 1. The first kappa shape index (κ1) is 15.6. The van der Waals surface area contributed by atoms with Gasteiger partial charge in [0.1, 0.15) is 21.3 Å². The van der Waals surface area contributed by atoms with Gasteiger partial charge in [0.2, 0.25) is 10.0 Å². The van der Waals surface area contributed by atoms with E-state index in [9.17, 15) is 8.42 Å². The Hall–Kier alpha value is -1.77. The van der Waals surface area contributed by atoms with Crippen LogP contribution in [0.3, 0.4) is 0 Å². The molecule has 0 aromatic carbocycles. The molecule has 0 fully saturated rings. The van der Waals surface area contributed by atoms with Crippen LogP contribution >= 0.6 is 12.2 Å². The Kier molecular flexibility index (Phi) is 4.40. The third-order valence-corrected chi connectivity index (χ3v) is 5.08. The van der Waals surface area contributed by atoms with Crippen molar-refractivity contribution in [2.75, 3.05) is 7.05 Å². The minimum Gasteiger partial charge on any atom is -0.469 e. The Labute approximate surface area is 128 Å². The summed E-state index contributed by atoms with van der Waals surface area (Å²) in [4.78, 5) is 3.90. The lowest BCUT2D eigenvalue weighted by molar-refractivity contribution is 0.458. The standard InChI is InChI=1S/C13H15N3O3S2/c1-9-10(5-7-19-9)8-16(2)21(17,18)11-4-3-6-15-12(11)13(14)20/h3-7H,8H2,1-2H3,(H2,14,20). The van der Waals surface area contributed by atoms with Crippen molar-refractivity contribution < 1.29 is 12.8 Å². The summed E-state index contributed by atoms with van der Waals surface area (Å²) in [6.45, 7) is 1.97. The number of aromatic nitrogens is 1. The average Bonchev–Trinajstić information content (AvgIpc) is 2.84. The minimum atomic E-state index is -3.75. The molecule has 2 rings (SSSR count). The van der Waals surface area contributed by atoms with Crippen LogP contribution in [0, 0.1) is 6.92 Å². The van der Waals surface area contributed by atoms with Gasteiger partial charge in [-0.15, -0.1) is 0 Å². The van der Waals surface area contributed by atoms with Crippen LogP contribution in [0.5, 0.6) is 0 Å². The number of sulfonamides is 1. The van der Waals surface area contributed by atoms with E-state index in [1.54, 1.807) is 13.0 Å². The van der Waals surface area contributed by atoms with Crippen LogP contribution in [0.15, 0.2) is 40.0 Å². The molecule has 0 bridgehead atoms. The zero-order valence-corrected chi connectivity index (χ0v) is 13.2. The molecule has 0 amide bonds. The second-order valence-electron chi connectivity index (χ2n) is 4.48. The second kappa shape index (κ2) is 5.92. The highest BCUT2D eigenvalue weighted by molar-refractivity contribution is 7.89. The molecule has 21 heavy (non-hydrogen) atoms. The van der Waals surface area contributed by atoms with Gasteiger partial charge in [-0.1, -0.05) is 12.2 Å². The maximum absolute atomic E-state index is 12.6. The number of thiocarbonyl (C=S) groups is 1. The Bertz CT molecular complexity index is 768. The quantitative estimate of drug-likeness (QED) is 0.837. The maximum Gasteiger partial charge on any atom is 0.245 e. The van der Waals surface area contributed by atoms with E-state index < -0.39 is 10.0 Å². The van der Waals surface area contributed by atoms with Crippen LogP contribution in [0.1, 0.15) is 17.0 Å². The van der Waals surface area contributed by atoms with Crippen molar-refractivity contribution in [3.63, 3.8) is 0 Å². The van der Waals surface area contributed by atoms with Gasteiger partial charge in [0.05, 0.1) is 6.26 Å². The third-order valence-electron chi connectivity index (χ3n) is 3.05. The van der Waals surface area contributed by atoms with Crippen molar-refractivity contribution in [2.24, 2.45) is 5.73 Å². The van der Waals surface area contributed by atoms with Gasteiger partial charge < -0.3 is 10.2 Å². The van der Waals surface area contributed by atoms with Gasteiger partial charge in [-0.05, 0) is 25.1 Å². The Morgan fingerprint density at radius 3 is 2.76 bits per heavy atom. The fraction of sp³-hybridized carbons (Fsp3) is 0.231. The third kappa shape index (κ3) is 3.12. The summed E-state index contributed by atoms with van der Waals surface area (Å²) in [6, 6.07) is 4.71. The first-order chi connectivity index (χ1) is 9.84. The molecule has 2 aromatic rings. The van der Waals surface area contributed by atoms with E-state index in [1.807, 2.05) is 0 Å². The lowest BCUT2D eigenvalue weighted by Crippen LogP contribution is -2.29. The zero-order chi connectivity index (χ0) is 15.6. The van der Waals surface area contributed by atoms with Crippen molar-refractivity contribution in [3.8, 4) is 0 Å². The highest BCUT2D eigenvalue weighted by Crippen LogP contribution is 2.20. The van der Waals surface area contributed by atoms with Gasteiger partial charge in [0, 0.05) is 25.4 Å². The fourth-order valence-electron chi connectivity index (χ4n) is 1.85. The summed E-state index contributed by atoms with van der Waals surface area (Å²) >= 11 is 4.86. The summed E-state index contributed by atoms with van der Waals surface area (Å²) in [5.41, 5.74) is 6.44. The van der Waals surface area contributed by atoms with Gasteiger partial charge in [-0.2, -0.15) is 4.31 Å².